The maximum Gasteiger partial charge on any atom is 0.289 e. The van der Waals surface area contributed by atoms with Crippen molar-refractivity contribution in [1.29, 1.82) is 0 Å². The fourth-order valence-electron chi connectivity index (χ4n) is 1.66. The highest BCUT2D eigenvalue weighted by atomic mass is 32.2. The molecule has 0 heterocycles. The summed E-state index contributed by atoms with van der Waals surface area (Å²) in [7, 11) is -3.88. The van der Waals surface area contributed by atoms with Crippen molar-refractivity contribution >= 4 is 21.4 Å². The second kappa shape index (κ2) is 7.20. The van der Waals surface area contributed by atoms with E-state index in [1.807, 2.05) is 13.8 Å². The third-order valence-electron chi connectivity index (χ3n) is 2.65. The van der Waals surface area contributed by atoms with Crippen LogP contribution in [0.5, 0.6) is 0 Å². The first-order chi connectivity index (χ1) is 9.42. The largest absolute Gasteiger partial charge is 0.385 e. The minimum Gasteiger partial charge on any atom is -0.385 e. The fourth-order valence-corrected chi connectivity index (χ4v) is 2.92. The zero-order chi connectivity index (χ0) is 15.2. The predicted octanol–water partition coefficient (Wildman–Crippen LogP) is 2.10. The molecule has 0 aliphatic rings. The summed E-state index contributed by atoms with van der Waals surface area (Å²) in [6.45, 7) is 4.65. The number of nitro groups is 1. The molecule has 1 aromatic carbocycles. The Bertz CT molecular complexity index is 572. The molecule has 0 saturated carbocycles. The molecule has 0 unspecified atom stereocenters. The lowest BCUT2D eigenvalue weighted by molar-refractivity contribution is -0.387. The number of nitrogens with zero attached hydrogens (tertiary/aromatic N) is 1. The van der Waals surface area contributed by atoms with Crippen molar-refractivity contribution in [2.75, 3.05) is 18.4 Å². The van der Waals surface area contributed by atoms with Crippen LogP contribution >= 0.6 is 0 Å². The molecule has 0 aromatic heterocycles. The molecule has 0 aliphatic heterocycles. The van der Waals surface area contributed by atoms with Gasteiger partial charge in [-0.05, 0) is 25.5 Å². The highest BCUT2D eigenvalue weighted by molar-refractivity contribution is 7.89. The zero-order valence-corrected chi connectivity index (χ0v) is 12.4. The minimum absolute atomic E-state index is 0.265. The van der Waals surface area contributed by atoms with E-state index in [0.29, 0.717) is 18.7 Å². The lowest BCUT2D eigenvalue weighted by Gasteiger charge is -2.09. The smallest absolute Gasteiger partial charge is 0.289 e. The van der Waals surface area contributed by atoms with E-state index in [1.54, 1.807) is 0 Å². The summed E-state index contributed by atoms with van der Waals surface area (Å²) in [5, 5.41) is 13.9. The predicted molar refractivity (Wildman–Crippen MR) is 77.4 cm³/mol. The highest BCUT2D eigenvalue weighted by Gasteiger charge is 2.25. The van der Waals surface area contributed by atoms with Crippen LogP contribution in [0.4, 0.5) is 11.4 Å². The van der Waals surface area contributed by atoms with E-state index in [2.05, 4.69) is 10.0 Å². The summed E-state index contributed by atoms with van der Waals surface area (Å²) < 4.78 is 26.7. The van der Waals surface area contributed by atoms with Gasteiger partial charge < -0.3 is 5.32 Å². The number of nitrogens with one attached hydrogen (secondary N) is 2. The monoisotopic (exact) mass is 301 g/mol. The van der Waals surface area contributed by atoms with E-state index in [-0.39, 0.29) is 11.4 Å². The van der Waals surface area contributed by atoms with E-state index < -0.39 is 20.6 Å². The molecule has 0 amide bonds. The Kier molecular flexibility index (Phi) is 5.90. The van der Waals surface area contributed by atoms with Crippen molar-refractivity contribution in [2.24, 2.45) is 0 Å². The van der Waals surface area contributed by atoms with Gasteiger partial charge in [-0.1, -0.05) is 13.3 Å². The second-order valence-corrected chi connectivity index (χ2v) is 5.96. The quantitative estimate of drug-likeness (QED) is 0.435. The molecule has 0 fully saturated rings. The first-order valence-electron chi connectivity index (χ1n) is 6.44. The normalized spacial score (nSPS) is 11.3. The molecule has 1 rings (SSSR count). The van der Waals surface area contributed by atoms with Gasteiger partial charge in [-0.3, -0.25) is 10.1 Å². The van der Waals surface area contributed by atoms with Crippen LogP contribution < -0.4 is 10.0 Å². The molecule has 0 saturated heterocycles. The number of rotatable bonds is 8. The van der Waals surface area contributed by atoms with Crippen LogP contribution in [-0.2, 0) is 10.0 Å². The Balaban J connectivity index is 3.17. The van der Waals surface area contributed by atoms with Crippen LogP contribution in [0.25, 0.3) is 0 Å². The van der Waals surface area contributed by atoms with Crippen molar-refractivity contribution in [2.45, 2.75) is 31.6 Å². The molecule has 8 heteroatoms. The summed E-state index contributed by atoms with van der Waals surface area (Å²) >= 11 is 0. The molecule has 7 nitrogen and oxygen atoms in total. The van der Waals surface area contributed by atoms with E-state index in [9.17, 15) is 18.5 Å². The maximum absolute atomic E-state index is 12.1. The topological polar surface area (TPSA) is 101 Å². The van der Waals surface area contributed by atoms with Crippen molar-refractivity contribution in [3.63, 3.8) is 0 Å². The van der Waals surface area contributed by atoms with Gasteiger partial charge in [0.15, 0.2) is 4.90 Å². The molecule has 0 spiro atoms. The molecule has 2 N–H and O–H groups in total. The van der Waals surface area contributed by atoms with E-state index >= 15 is 0 Å². The van der Waals surface area contributed by atoms with Crippen LogP contribution in [0, 0.1) is 10.1 Å². The summed E-state index contributed by atoms with van der Waals surface area (Å²) in [6.07, 6.45) is 1.52. The molecule has 0 radical (unpaired) electrons. The first kappa shape index (κ1) is 16.4. The van der Waals surface area contributed by atoms with Crippen LogP contribution in [0.2, 0.25) is 0 Å². The van der Waals surface area contributed by atoms with Crippen molar-refractivity contribution in [1.82, 2.24) is 4.72 Å². The second-order valence-electron chi connectivity index (χ2n) is 4.22. The minimum atomic E-state index is -3.88. The molecule has 1 aromatic rings. The van der Waals surface area contributed by atoms with Gasteiger partial charge in [-0.25, -0.2) is 13.1 Å². The van der Waals surface area contributed by atoms with Crippen molar-refractivity contribution < 1.29 is 13.3 Å². The van der Waals surface area contributed by atoms with Gasteiger partial charge in [-0.15, -0.1) is 0 Å². The summed E-state index contributed by atoms with van der Waals surface area (Å²) in [5.74, 6) is 0. The Morgan fingerprint density at radius 3 is 2.55 bits per heavy atom. The average Bonchev–Trinajstić information content (AvgIpc) is 2.39. The van der Waals surface area contributed by atoms with Crippen LogP contribution in [0.15, 0.2) is 23.1 Å². The van der Waals surface area contributed by atoms with Gasteiger partial charge in [0.05, 0.1) is 4.92 Å². The first-order valence-corrected chi connectivity index (χ1v) is 7.92. The van der Waals surface area contributed by atoms with Gasteiger partial charge in [0, 0.05) is 24.8 Å². The molecule has 0 aliphatic carbocycles. The van der Waals surface area contributed by atoms with Gasteiger partial charge in [0.2, 0.25) is 10.0 Å². The van der Waals surface area contributed by atoms with Crippen LogP contribution in [0.1, 0.15) is 26.7 Å². The number of hydrogen-bond donors (Lipinski definition) is 2. The van der Waals surface area contributed by atoms with E-state index in [4.69, 9.17) is 0 Å². The van der Waals surface area contributed by atoms with E-state index in [1.165, 1.54) is 18.2 Å². The average molecular weight is 301 g/mol. The van der Waals surface area contributed by atoms with Gasteiger partial charge >= 0.3 is 0 Å². The Morgan fingerprint density at radius 1 is 1.30 bits per heavy atom. The standard InChI is InChI=1S/C12H19N3O4S/c1-3-5-8-14-20(18,19)12-9-10(13-4-2)6-7-11(12)15(16)17/h6-7,9,13-14H,3-5,8H2,1-2H3. The van der Waals surface area contributed by atoms with Crippen molar-refractivity contribution in [3.8, 4) is 0 Å². The SMILES string of the molecule is CCCCNS(=O)(=O)c1cc(NCC)ccc1[N+](=O)[O-]. The molecule has 112 valence electrons. The molecular formula is C12H19N3O4S. The number of nitro benzene ring substituents is 1. The fraction of sp³-hybridized carbons (Fsp3) is 0.500. The highest BCUT2D eigenvalue weighted by Crippen LogP contribution is 2.26. The van der Waals surface area contributed by atoms with Gasteiger partial charge in [-0.2, -0.15) is 0 Å². The number of unbranched alkanes of at least 4 members (excludes halogenated alkanes) is 1. The van der Waals surface area contributed by atoms with Crippen LogP contribution in [-0.4, -0.2) is 26.4 Å². The van der Waals surface area contributed by atoms with Crippen LogP contribution in [0.3, 0.4) is 0 Å². The summed E-state index contributed by atoms with van der Waals surface area (Å²) in [4.78, 5) is 9.96. The number of sulfonamides is 1. The molecular weight excluding hydrogens is 282 g/mol. The van der Waals surface area contributed by atoms with Gasteiger partial charge in [0.1, 0.15) is 0 Å². The maximum atomic E-state index is 12.1. The Morgan fingerprint density at radius 2 is 2.00 bits per heavy atom. The molecule has 0 atom stereocenters. The Labute approximate surface area is 118 Å². The van der Waals surface area contributed by atoms with Crippen molar-refractivity contribution in [3.05, 3.63) is 28.3 Å². The summed E-state index contributed by atoms with van der Waals surface area (Å²) in [5.41, 5.74) is 0.115. The summed E-state index contributed by atoms with van der Waals surface area (Å²) in [6, 6.07) is 3.98. The van der Waals surface area contributed by atoms with Gasteiger partial charge in [0.25, 0.3) is 5.69 Å². The number of hydrogen-bond acceptors (Lipinski definition) is 5. The number of anilines is 1. The Hall–Kier alpha value is -1.67. The molecule has 20 heavy (non-hydrogen) atoms. The third-order valence-corrected chi connectivity index (χ3v) is 4.14. The lowest BCUT2D eigenvalue weighted by atomic mass is 10.3. The van der Waals surface area contributed by atoms with E-state index in [0.717, 1.165) is 6.42 Å². The zero-order valence-electron chi connectivity index (χ0n) is 11.5. The lowest BCUT2D eigenvalue weighted by Crippen LogP contribution is -2.25. The molecule has 0 bridgehead atoms. The third kappa shape index (κ3) is 4.17. The number of benzene rings is 1.